The van der Waals surface area contributed by atoms with E-state index in [0.29, 0.717) is 24.7 Å². The normalized spacial score (nSPS) is 23.5. The molecule has 4 nitrogen and oxygen atoms in total. The minimum atomic E-state index is 0.0163. The average Bonchev–Trinajstić information content (AvgIpc) is 2.57. The molecule has 1 rings (SSSR count). The topological polar surface area (TPSA) is 63.4 Å². The second-order valence-electron chi connectivity index (χ2n) is 7.84. The molecule has 0 aliphatic heterocycles. The van der Waals surface area contributed by atoms with Crippen molar-refractivity contribution in [2.24, 2.45) is 17.6 Å². The molecule has 0 heterocycles. The summed E-state index contributed by atoms with van der Waals surface area (Å²) in [7, 11) is 0. The number of nitrogens with zero attached hydrogens (tertiary/aromatic N) is 1. The lowest BCUT2D eigenvalue weighted by Gasteiger charge is -2.35. The van der Waals surface area contributed by atoms with E-state index in [1.54, 1.807) is 4.90 Å². The lowest BCUT2D eigenvalue weighted by molar-refractivity contribution is -0.149. The molecule has 0 aromatic carbocycles. The van der Waals surface area contributed by atoms with E-state index in [-0.39, 0.29) is 23.9 Å². The standard InChI is InChI=1S/C20H38N2O2/c1-5-15(3)10-12-19(23)22(18-9-7-8-17(21)14-18)20(24)13-11-16(4)6-2/h15-18H,5-14,21H2,1-4H3. The Labute approximate surface area is 148 Å². The zero-order valence-electron chi connectivity index (χ0n) is 16.2. The second kappa shape index (κ2) is 10.9. The molecule has 140 valence electrons. The highest BCUT2D eigenvalue weighted by Gasteiger charge is 2.32. The van der Waals surface area contributed by atoms with Gasteiger partial charge in [0.2, 0.25) is 11.8 Å². The third-order valence-corrected chi connectivity index (χ3v) is 5.69. The van der Waals surface area contributed by atoms with Crippen LogP contribution in [0.25, 0.3) is 0 Å². The summed E-state index contributed by atoms with van der Waals surface area (Å²) in [6.45, 7) is 8.62. The number of hydrogen-bond donors (Lipinski definition) is 1. The quantitative estimate of drug-likeness (QED) is 0.683. The fraction of sp³-hybridized carbons (Fsp3) is 0.900. The van der Waals surface area contributed by atoms with Crippen molar-refractivity contribution in [2.75, 3.05) is 0 Å². The highest BCUT2D eigenvalue weighted by molar-refractivity contribution is 5.95. The van der Waals surface area contributed by atoms with Crippen LogP contribution >= 0.6 is 0 Å². The van der Waals surface area contributed by atoms with Crippen molar-refractivity contribution < 1.29 is 9.59 Å². The number of carbonyl (C=O) groups is 2. The van der Waals surface area contributed by atoms with E-state index in [4.69, 9.17) is 5.73 Å². The van der Waals surface area contributed by atoms with Crippen LogP contribution in [0.3, 0.4) is 0 Å². The molecule has 2 amide bonds. The van der Waals surface area contributed by atoms with Crippen molar-refractivity contribution in [3.63, 3.8) is 0 Å². The van der Waals surface area contributed by atoms with Crippen molar-refractivity contribution in [1.82, 2.24) is 4.90 Å². The molecule has 1 aliphatic rings. The smallest absolute Gasteiger partial charge is 0.229 e. The molecule has 4 unspecified atom stereocenters. The molecule has 0 radical (unpaired) electrons. The molecule has 0 bridgehead atoms. The van der Waals surface area contributed by atoms with Crippen molar-refractivity contribution in [2.45, 2.75) is 104 Å². The molecular formula is C20H38N2O2. The molecule has 0 saturated heterocycles. The first-order valence-electron chi connectivity index (χ1n) is 9.99. The second-order valence-corrected chi connectivity index (χ2v) is 7.84. The Balaban J connectivity index is 2.74. The molecule has 4 atom stereocenters. The molecule has 1 aliphatic carbocycles. The largest absolute Gasteiger partial charge is 0.328 e. The minimum Gasteiger partial charge on any atom is -0.328 e. The van der Waals surface area contributed by atoms with Gasteiger partial charge in [0.15, 0.2) is 0 Å². The van der Waals surface area contributed by atoms with Crippen molar-refractivity contribution in [3.8, 4) is 0 Å². The van der Waals surface area contributed by atoms with Crippen LogP contribution in [-0.2, 0) is 9.59 Å². The Morgan fingerprint density at radius 3 is 1.92 bits per heavy atom. The summed E-state index contributed by atoms with van der Waals surface area (Å²) < 4.78 is 0. The fourth-order valence-electron chi connectivity index (χ4n) is 3.37. The molecule has 0 spiro atoms. The molecule has 1 fully saturated rings. The summed E-state index contributed by atoms with van der Waals surface area (Å²) in [5.74, 6) is 1.09. The molecule has 4 heteroatoms. The summed E-state index contributed by atoms with van der Waals surface area (Å²) in [5, 5.41) is 0. The summed E-state index contributed by atoms with van der Waals surface area (Å²) in [5.41, 5.74) is 6.10. The van der Waals surface area contributed by atoms with Crippen molar-refractivity contribution in [1.29, 1.82) is 0 Å². The van der Waals surface area contributed by atoms with Gasteiger partial charge >= 0.3 is 0 Å². The van der Waals surface area contributed by atoms with E-state index in [2.05, 4.69) is 27.7 Å². The van der Waals surface area contributed by atoms with Crippen LogP contribution < -0.4 is 5.73 Å². The van der Waals surface area contributed by atoms with Crippen LogP contribution in [0.5, 0.6) is 0 Å². The van der Waals surface area contributed by atoms with Gasteiger partial charge in [0.1, 0.15) is 0 Å². The summed E-state index contributed by atoms with van der Waals surface area (Å²) in [6, 6.07) is 0.138. The Morgan fingerprint density at radius 2 is 1.50 bits per heavy atom. The number of rotatable bonds is 9. The lowest BCUT2D eigenvalue weighted by Crippen LogP contribution is -2.48. The number of amides is 2. The lowest BCUT2D eigenvalue weighted by atomic mass is 9.89. The van der Waals surface area contributed by atoms with Crippen LogP contribution in [-0.4, -0.2) is 28.8 Å². The van der Waals surface area contributed by atoms with Crippen molar-refractivity contribution in [3.05, 3.63) is 0 Å². The SMILES string of the molecule is CCC(C)CCC(=O)N(C(=O)CCC(C)CC)C1CCCC(N)C1. The molecule has 0 aromatic heterocycles. The van der Waals surface area contributed by atoms with Gasteiger partial charge in [-0.15, -0.1) is 0 Å². The number of nitrogens with two attached hydrogens (primary N) is 1. The maximum atomic E-state index is 12.8. The number of imide groups is 1. The predicted octanol–water partition coefficient (Wildman–Crippen LogP) is 4.26. The maximum absolute atomic E-state index is 12.8. The first-order chi connectivity index (χ1) is 11.4. The van der Waals surface area contributed by atoms with Gasteiger partial charge in [-0.3, -0.25) is 14.5 Å². The first-order valence-corrected chi connectivity index (χ1v) is 9.99. The zero-order chi connectivity index (χ0) is 18.1. The van der Waals surface area contributed by atoms with E-state index in [0.717, 1.165) is 51.4 Å². The molecule has 0 aromatic rings. The van der Waals surface area contributed by atoms with Gasteiger partial charge in [0.05, 0.1) is 0 Å². The third kappa shape index (κ3) is 6.92. The van der Waals surface area contributed by atoms with E-state index < -0.39 is 0 Å². The predicted molar refractivity (Wildman–Crippen MR) is 99.5 cm³/mol. The Hall–Kier alpha value is -0.900. The Morgan fingerprint density at radius 1 is 1.00 bits per heavy atom. The highest BCUT2D eigenvalue weighted by atomic mass is 16.2. The van der Waals surface area contributed by atoms with Gasteiger partial charge in [-0.05, 0) is 50.4 Å². The molecule has 1 saturated carbocycles. The van der Waals surface area contributed by atoms with Crippen LogP contribution in [0, 0.1) is 11.8 Å². The van der Waals surface area contributed by atoms with Gasteiger partial charge < -0.3 is 5.73 Å². The summed E-state index contributed by atoms with van der Waals surface area (Å²) >= 11 is 0. The van der Waals surface area contributed by atoms with Gasteiger partial charge in [0.25, 0.3) is 0 Å². The fourth-order valence-corrected chi connectivity index (χ4v) is 3.37. The van der Waals surface area contributed by atoms with E-state index >= 15 is 0 Å². The first kappa shape index (κ1) is 21.1. The Kier molecular flexibility index (Phi) is 9.57. The highest BCUT2D eigenvalue weighted by Crippen LogP contribution is 2.25. The monoisotopic (exact) mass is 338 g/mol. The molecule has 24 heavy (non-hydrogen) atoms. The van der Waals surface area contributed by atoms with Gasteiger partial charge in [-0.1, -0.05) is 40.5 Å². The van der Waals surface area contributed by atoms with Gasteiger partial charge in [-0.25, -0.2) is 0 Å². The van der Waals surface area contributed by atoms with Crippen LogP contribution in [0.2, 0.25) is 0 Å². The van der Waals surface area contributed by atoms with Gasteiger partial charge in [-0.2, -0.15) is 0 Å². The van der Waals surface area contributed by atoms with E-state index in [1.165, 1.54) is 0 Å². The number of hydrogen-bond acceptors (Lipinski definition) is 3. The Bertz CT molecular complexity index is 371. The summed E-state index contributed by atoms with van der Waals surface area (Å²) in [4.78, 5) is 27.2. The van der Waals surface area contributed by atoms with Crippen molar-refractivity contribution >= 4 is 11.8 Å². The van der Waals surface area contributed by atoms with E-state index in [9.17, 15) is 9.59 Å². The molecular weight excluding hydrogens is 300 g/mol. The van der Waals surface area contributed by atoms with Crippen LogP contribution in [0.4, 0.5) is 0 Å². The summed E-state index contributed by atoms with van der Waals surface area (Å²) in [6.07, 6.45) is 8.54. The minimum absolute atomic E-state index is 0.0163. The molecule has 2 N–H and O–H groups in total. The third-order valence-electron chi connectivity index (χ3n) is 5.69. The maximum Gasteiger partial charge on any atom is 0.229 e. The zero-order valence-corrected chi connectivity index (χ0v) is 16.2. The average molecular weight is 339 g/mol. The number of carbonyl (C=O) groups excluding carboxylic acids is 2. The van der Waals surface area contributed by atoms with Gasteiger partial charge in [0, 0.05) is 24.9 Å². The van der Waals surface area contributed by atoms with E-state index in [1.807, 2.05) is 0 Å². The van der Waals surface area contributed by atoms with Crippen LogP contribution in [0.15, 0.2) is 0 Å². The van der Waals surface area contributed by atoms with Crippen LogP contribution in [0.1, 0.15) is 91.9 Å².